The smallest absolute Gasteiger partial charge is 0.224 e. The number of benzene rings is 1. The number of rotatable bonds is 3. The largest absolute Gasteiger partial charge is 0.334 e. The summed E-state index contributed by atoms with van der Waals surface area (Å²) in [6.45, 7) is 9.24. The van der Waals surface area contributed by atoms with E-state index in [9.17, 15) is 4.79 Å². The molecule has 3 nitrogen and oxygen atoms in total. The van der Waals surface area contributed by atoms with Crippen molar-refractivity contribution in [2.75, 3.05) is 6.54 Å². The minimum atomic E-state index is -0.0841. The van der Waals surface area contributed by atoms with Gasteiger partial charge in [0.1, 0.15) is 0 Å². The van der Waals surface area contributed by atoms with E-state index in [1.54, 1.807) is 0 Å². The Labute approximate surface area is 115 Å². The number of amides is 1. The molecule has 1 aromatic carbocycles. The minimum absolute atomic E-state index is 0.0491. The Hall–Kier alpha value is -1.35. The van der Waals surface area contributed by atoms with Crippen molar-refractivity contribution in [2.24, 2.45) is 5.73 Å². The fourth-order valence-corrected chi connectivity index (χ4v) is 3.35. The summed E-state index contributed by atoms with van der Waals surface area (Å²) in [5, 5.41) is 0. The molecular weight excluding hydrogens is 236 g/mol. The SMILES string of the molecule is CCCN1C(=O)CC(N)C1c1c(C)cc(C)cc1C. The summed E-state index contributed by atoms with van der Waals surface area (Å²) in [6, 6.07) is 4.33. The highest BCUT2D eigenvalue weighted by molar-refractivity contribution is 5.80. The summed E-state index contributed by atoms with van der Waals surface area (Å²) in [5.41, 5.74) is 11.2. The highest BCUT2D eigenvalue weighted by Gasteiger charge is 2.39. The van der Waals surface area contributed by atoms with Gasteiger partial charge < -0.3 is 10.6 Å². The average molecular weight is 260 g/mol. The van der Waals surface area contributed by atoms with E-state index < -0.39 is 0 Å². The van der Waals surface area contributed by atoms with Crippen molar-refractivity contribution in [2.45, 2.75) is 52.6 Å². The molecule has 2 rings (SSSR count). The Kier molecular flexibility index (Phi) is 3.95. The zero-order chi connectivity index (χ0) is 14.2. The Morgan fingerprint density at radius 2 is 1.84 bits per heavy atom. The van der Waals surface area contributed by atoms with Crippen LogP contribution in [-0.4, -0.2) is 23.4 Å². The molecule has 0 spiro atoms. The van der Waals surface area contributed by atoms with Crippen LogP contribution in [0.3, 0.4) is 0 Å². The zero-order valence-corrected chi connectivity index (χ0v) is 12.4. The predicted molar refractivity (Wildman–Crippen MR) is 78.0 cm³/mol. The molecule has 0 aliphatic carbocycles. The molecule has 0 aromatic heterocycles. The van der Waals surface area contributed by atoms with Crippen LogP contribution in [0.15, 0.2) is 12.1 Å². The number of carbonyl (C=O) groups is 1. The van der Waals surface area contributed by atoms with Crippen LogP contribution >= 0.6 is 0 Å². The first-order valence-corrected chi connectivity index (χ1v) is 7.08. The van der Waals surface area contributed by atoms with E-state index in [0.717, 1.165) is 13.0 Å². The van der Waals surface area contributed by atoms with Gasteiger partial charge in [0.2, 0.25) is 5.91 Å². The summed E-state index contributed by atoms with van der Waals surface area (Å²) >= 11 is 0. The van der Waals surface area contributed by atoms with E-state index in [1.807, 2.05) is 4.90 Å². The molecule has 2 atom stereocenters. The van der Waals surface area contributed by atoms with E-state index in [-0.39, 0.29) is 18.0 Å². The number of aryl methyl sites for hydroxylation is 3. The van der Waals surface area contributed by atoms with Crippen molar-refractivity contribution in [3.8, 4) is 0 Å². The van der Waals surface area contributed by atoms with Crippen LogP contribution < -0.4 is 5.73 Å². The highest BCUT2D eigenvalue weighted by atomic mass is 16.2. The lowest BCUT2D eigenvalue weighted by Gasteiger charge is -2.29. The van der Waals surface area contributed by atoms with Crippen molar-refractivity contribution in [1.82, 2.24) is 4.90 Å². The summed E-state index contributed by atoms with van der Waals surface area (Å²) in [4.78, 5) is 14.1. The quantitative estimate of drug-likeness (QED) is 0.908. The van der Waals surface area contributed by atoms with Gasteiger partial charge in [-0.15, -0.1) is 0 Å². The second kappa shape index (κ2) is 5.33. The molecule has 0 saturated carbocycles. The zero-order valence-electron chi connectivity index (χ0n) is 12.4. The van der Waals surface area contributed by atoms with Gasteiger partial charge in [-0.2, -0.15) is 0 Å². The molecule has 2 N–H and O–H groups in total. The maximum absolute atomic E-state index is 12.1. The summed E-state index contributed by atoms with van der Waals surface area (Å²) < 4.78 is 0. The molecule has 0 radical (unpaired) electrons. The van der Waals surface area contributed by atoms with Crippen LogP contribution in [0.1, 0.15) is 48.1 Å². The summed E-state index contributed by atoms with van der Waals surface area (Å²) in [6.07, 6.45) is 1.44. The van der Waals surface area contributed by atoms with Gasteiger partial charge in [-0.25, -0.2) is 0 Å². The summed E-state index contributed by atoms with van der Waals surface area (Å²) in [5.74, 6) is 0.193. The van der Waals surface area contributed by atoms with Gasteiger partial charge in [-0.1, -0.05) is 24.6 Å². The number of hydrogen-bond donors (Lipinski definition) is 1. The molecule has 104 valence electrons. The van der Waals surface area contributed by atoms with E-state index in [4.69, 9.17) is 5.73 Å². The Balaban J connectivity index is 2.47. The fourth-order valence-electron chi connectivity index (χ4n) is 3.35. The molecule has 1 amide bonds. The number of carbonyl (C=O) groups excluding carboxylic acids is 1. The molecule has 2 unspecified atom stereocenters. The first-order chi connectivity index (χ1) is 8.95. The highest BCUT2D eigenvalue weighted by Crippen LogP contribution is 2.36. The molecule has 1 fully saturated rings. The number of nitrogens with two attached hydrogens (primary N) is 1. The third-order valence-corrected chi connectivity index (χ3v) is 3.97. The topological polar surface area (TPSA) is 46.3 Å². The molecule has 1 saturated heterocycles. The number of nitrogens with zero attached hydrogens (tertiary/aromatic N) is 1. The van der Waals surface area contributed by atoms with Gasteiger partial charge in [0, 0.05) is 19.0 Å². The van der Waals surface area contributed by atoms with Crippen molar-refractivity contribution >= 4 is 5.91 Å². The van der Waals surface area contributed by atoms with Crippen LogP contribution in [0.2, 0.25) is 0 Å². The van der Waals surface area contributed by atoms with Crippen LogP contribution in [-0.2, 0) is 4.79 Å². The molecule has 0 bridgehead atoms. The van der Waals surface area contributed by atoms with Gasteiger partial charge in [-0.05, 0) is 43.9 Å². The molecule has 3 heteroatoms. The number of likely N-dealkylation sites (tertiary alicyclic amines) is 1. The first kappa shape index (κ1) is 14.1. The lowest BCUT2D eigenvalue weighted by molar-refractivity contribution is -0.129. The van der Waals surface area contributed by atoms with Gasteiger partial charge >= 0.3 is 0 Å². The summed E-state index contributed by atoms with van der Waals surface area (Å²) in [7, 11) is 0. The second-order valence-corrected chi connectivity index (χ2v) is 5.71. The predicted octanol–water partition coefficient (Wildman–Crippen LogP) is 2.62. The Morgan fingerprint density at radius 3 is 2.37 bits per heavy atom. The Morgan fingerprint density at radius 1 is 1.26 bits per heavy atom. The lowest BCUT2D eigenvalue weighted by atomic mass is 9.90. The monoisotopic (exact) mass is 260 g/mol. The third kappa shape index (κ3) is 2.52. The van der Waals surface area contributed by atoms with Gasteiger partial charge in [0.05, 0.1) is 6.04 Å². The van der Waals surface area contributed by atoms with Gasteiger partial charge in [0.15, 0.2) is 0 Å². The molecule has 1 aromatic rings. The normalized spacial score (nSPS) is 23.2. The van der Waals surface area contributed by atoms with Crippen LogP contribution in [0, 0.1) is 20.8 Å². The maximum Gasteiger partial charge on any atom is 0.224 e. The van der Waals surface area contributed by atoms with Crippen molar-refractivity contribution in [3.05, 3.63) is 34.4 Å². The van der Waals surface area contributed by atoms with E-state index in [1.165, 1.54) is 22.3 Å². The van der Waals surface area contributed by atoms with Crippen molar-refractivity contribution in [3.63, 3.8) is 0 Å². The fraction of sp³-hybridized carbons (Fsp3) is 0.562. The standard InChI is InChI=1S/C16H24N2O/c1-5-6-18-14(19)9-13(17)16(18)15-11(3)7-10(2)8-12(15)4/h7-8,13,16H,5-6,9,17H2,1-4H3. The van der Waals surface area contributed by atoms with Gasteiger partial charge in [0.25, 0.3) is 0 Å². The van der Waals surface area contributed by atoms with Gasteiger partial charge in [-0.3, -0.25) is 4.79 Å². The first-order valence-electron chi connectivity index (χ1n) is 7.08. The number of hydrogen-bond acceptors (Lipinski definition) is 2. The average Bonchev–Trinajstić information content (AvgIpc) is 2.55. The molecule has 1 heterocycles. The van der Waals surface area contributed by atoms with E-state index in [0.29, 0.717) is 6.42 Å². The Bertz CT molecular complexity index is 473. The second-order valence-electron chi connectivity index (χ2n) is 5.71. The van der Waals surface area contributed by atoms with Crippen LogP contribution in [0.4, 0.5) is 0 Å². The molecule has 1 aliphatic heterocycles. The van der Waals surface area contributed by atoms with Crippen LogP contribution in [0.25, 0.3) is 0 Å². The van der Waals surface area contributed by atoms with E-state index >= 15 is 0 Å². The van der Waals surface area contributed by atoms with Crippen LogP contribution in [0.5, 0.6) is 0 Å². The lowest BCUT2D eigenvalue weighted by Crippen LogP contribution is -2.34. The van der Waals surface area contributed by atoms with E-state index in [2.05, 4.69) is 39.8 Å². The molecule has 1 aliphatic rings. The maximum atomic E-state index is 12.1. The minimum Gasteiger partial charge on any atom is -0.334 e. The molecule has 19 heavy (non-hydrogen) atoms. The van der Waals surface area contributed by atoms with Crippen molar-refractivity contribution in [1.29, 1.82) is 0 Å². The van der Waals surface area contributed by atoms with Crippen molar-refractivity contribution < 1.29 is 4.79 Å². The third-order valence-electron chi connectivity index (χ3n) is 3.97. The molecular formula is C16H24N2O.